The van der Waals surface area contributed by atoms with E-state index in [2.05, 4.69) is 243 Å². The van der Waals surface area contributed by atoms with E-state index in [1.165, 1.54) is 94.3 Å². The van der Waals surface area contributed by atoms with Gasteiger partial charge in [-0.3, -0.25) is 0 Å². The lowest BCUT2D eigenvalue weighted by Crippen LogP contribution is -2.16. The molecule has 1 aromatic heterocycles. The molecule has 2 heteroatoms. The molecule has 0 N–H and O–H groups in total. The van der Waals surface area contributed by atoms with Gasteiger partial charge in [0.15, 0.2) is 0 Å². The normalized spacial score (nSPS) is 14.1. The maximum Gasteiger partial charge on any atom is 0.0541 e. The minimum absolute atomic E-state index is 0.0950. The molecule has 0 unspecified atom stereocenters. The van der Waals surface area contributed by atoms with Crippen molar-refractivity contribution in [3.63, 3.8) is 0 Å². The van der Waals surface area contributed by atoms with Crippen molar-refractivity contribution < 1.29 is 0 Å². The van der Waals surface area contributed by atoms with Crippen molar-refractivity contribution in [2.75, 3.05) is 4.90 Å². The van der Waals surface area contributed by atoms with Gasteiger partial charge in [0, 0.05) is 44.4 Å². The van der Waals surface area contributed by atoms with Crippen molar-refractivity contribution in [2.24, 2.45) is 0 Å². The van der Waals surface area contributed by atoms with Crippen molar-refractivity contribution in [1.82, 2.24) is 4.57 Å². The Morgan fingerprint density at radius 1 is 0.323 bits per heavy atom. The molecule has 10 aromatic rings. The van der Waals surface area contributed by atoms with Gasteiger partial charge in [0.05, 0.1) is 11.0 Å². The lowest BCUT2D eigenvalue weighted by atomic mass is 9.81. The molecule has 0 fully saturated rings. The van der Waals surface area contributed by atoms with Crippen molar-refractivity contribution in [2.45, 2.75) is 38.5 Å². The second-order valence-electron chi connectivity index (χ2n) is 18.2. The van der Waals surface area contributed by atoms with Gasteiger partial charge >= 0.3 is 0 Å². The first-order valence-electron chi connectivity index (χ1n) is 21.8. The summed E-state index contributed by atoms with van der Waals surface area (Å²) in [7, 11) is 0. The zero-order valence-corrected chi connectivity index (χ0v) is 35.5. The first-order chi connectivity index (χ1) is 30.3. The molecule has 0 aliphatic heterocycles. The van der Waals surface area contributed by atoms with Crippen LogP contribution in [0.2, 0.25) is 0 Å². The molecule has 9 aromatic carbocycles. The monoisotopic (exact) mass is 794 g/mol. The average Bonchev–Trinajstić information content (AvgIpc) is 3.86. The molecule has 12 rings (SSSR count). The molecule has 0 atom stereocenters. The Balaban J connectivity index is 0.910. The van der Waals surface area contributed by atoms with Crippen molar-refractivity contribution in [3.8, 4) is 50.2 Å². The fourth-order valence-electron chi connectivity index (χ4n) is 10.8. The average molecular weight is 795 g/mol. The predicted molar refractivity (Wildman–Crippen MR) is 261 cm³/mol. The molecule has 0 saturated heterocycles. The van der Waals surface area contributed by atoms with E-state index in [1.807, 2.05) is 0 Å². The number of hydrogen-bond donors (Lipinski definition) is 0. The van der Waals surface area contributed by atoms with Crippen LogP contribution in [0.3, 0.4) is 0 Å². The molecule has 1 heterocycles. The van der Waals surface area contributed by atoms with Crippen LogP contribution in [0, 0.1) is 0 Å². The molecule has 62 heavy (non-hydrogen) atoms. The molecular formula is C60H46N2. The van der Waals surface area contributed by atoms with Gasteiger partial charge in [-0.1, -0.05) is 167 Å². The molecule has 0 radical (unpaired) electrons. The van der Waals surface area contributed by atoms with Gasteiger partial charge in [0.25, 0.3) is 0 Å². The summed E-state index contributed by atoms with van der Waals surface area (Å²) in [6.45, 7) is 9.49. The zero-order valence-electron chi connectivity index (χ0n) is 35.5. The van der Waals surface area contributed by atoms with Crippen LogP contribution in [0.1, 0.15) is 49.9 Å². The fraction of sp³-hybridized carbons (Fsp3) is 0.100. The zero-order chi connectivity index (χ0) is 41.7. The first kappa shape index (κ1) is 36.4. The second-order valence-corrected chi connectivity index (χ2v) is 18.2. The number of anilines is 3. The van der Waals surface area contributed by atoms with E-state index in [1.54, 1.807) is 0 Å². The topological polar surface area (TPSA) is 8.17 Å². The van der Waals surface area contributed by atoms with Crippen LogP contribution in [0.5, 0.6) is 0 Å². The van der Waals surface area contributed by atoms with Crippen LogP contribution in [0.25, 0.3) is 72.0 Å². The summed E-state index contributed by atoms with van der Waals surface area (Å²) in [4.78, 5) is 2.41. The smallest absolute Gasteiger partial charge is 0.0541 e. The Morgan fingerprint density at radius 3 is 1.42 bits per heavy atom. The maximum absolute atomic E-state index is 2.44. The van der Waals surface area contributed by atoms with Crippen LogP contribution in [-0.2, 0) is 10.8 Å². The summed E-state index contributed by atoms with van der Waals surface area (Å²) >= 11 is 0. The van der Waals surface area contributed by atoms with Crippen LogP contribution >= 0.6 is 0 Å². The Morgan fingerprint density at radius 2 is 0.758 bits per heavy atom. The van der Waals surface area contributed by atoms with Gasteiger partial charge in [-0.2, -0.15) is 0 Å². The quantitative estimate of drug-likeness (QED) is 0.163. The number of para-hydroxylation sites is 2. The highest BCUT2D eigenvalue weighted by atomic mass is 15.1. The molecule has 2 nitrogen and oxygen atoms in total. The summed E-state index contributed by atoms with van der Waals surface area (Å²) in [5, 5.41) is 2.57. The lowest BCUT2D eigenvalue weighted by molar-refractivity contribution is 0.660. The standard InChI is InChI=1S/C60H46N2/c1-59(2)53-19-11-8-16-47(53)49-34-31-45(37-55(49)59)61(43-27-22-40(23-28-43)39-14-6-5-7-15-39)44-29-24-41(25-30-44)42-26-33-48-50-35-32-46(38-56(50)60(3,4)54(48)36-42)62-57-20-12-9-17-51(57)52-18-10-13-21-58(52)62/h5-38H,1-4H3. The maximum atomic E-state index is 2.44. The van der Waals surface area contributed by atoms with E-state index in [4.69, 9.17) is 0 Å². The Kier molecular flexibility index (Phi) is 7.96. The summed E-state index contributed by atoms with van der Waals surface area (Å²) in [5.41, 5.74) is 22.5. The van der Waals surface area contributed by atoms with Crippen LogP contribution < -0.4 is 4.90 Å². The molecule has 2 aliphatic rings. The molecule has 296 valence electrons. The van der Waals surface area contributed by atoms with Gasteiger partial charge < -0.3 is 9.47 Å². The van der Waals surface area contributed by atoms with E-state index in [0.717, 1.165) is 17.1 Å². The molecule has 0 spiro atoms. The number of aromatic nitrogens is 1. The van der Waals surface area contributed by atoms with E-state index in [0.29, 0.717) is 0 Å². The van der Waals surface area contributed by atoms with E-state index in [-0.39, 0.29) is 10.8 Å². The summed E-state index contributed by atoms with van der Waals surface area (Å²) in [6.07, 6.45) is 0. The van der Waals surface area contributed by atoms with Crippen molar-refractivity contribution in [3.05, 3.63) is 229 Å². The van der Waals surface area contributed by atoms with Crippen LogP contribution in [0.4, 0.5) is 17.1 Å². The summed E-state index contributed by atoms with van der Waals surface area (Å²) in [6, 6.07) is 76.4. The van der Waals surface area contributed by atoms with E-state index < -0.39 is 0 Å². The molecule has 0 bridgehead atoms. The molecule has 2 aliphatic carbocycles. The Labute approximate surface area is 364 Å². The number of benzene rings is 9. The highest BCUT2D eigenvalue weighted by Crippen LogP contribution is 2.52. The molecule has 0 saturated carbocycles. The third-order valence-electron chi connectivity index (χ3n) is 14.0. The lowest BCUT2D eigenvalue weighted by Gasteiger charge is -2.28. The van der Waals surface area contributed by atoms with Gasteiger partial charge in [-0.05, 0) is 133 Å². The minimum atomic E-state index is -0.168. The molecular weight excluding hydrogens is 749 g/mol. The number of hydrogen-bond acceptors (Lipinski definition) is 1. The fourth-order valence-corrected chi connectivity index (χ4v) is 10.8. The third kappa shape index (κ3) is 5.43. The van der Waals surface area contributed by atoms with Crippen LogP contribution in [0.15, 0.2) is 206 Å². The minimum Gasteiger partial charge on any atom is -0.310 e. The second kappa shape index (κ2) is 13.5. The molecule has 0 amide bonds. The van der Waals surface area contributed by atoms with Gasteiger partial charge in [-0.15, -0.1) is 0 Å². The Bertz CT molecular complexity index is 3330. The van der Waals surface area contributed by atoms with Gasteiger partial charge in [0.2, 0.25) is 0 Å². The Hall–Kier alpha value is -7.42. The van der Waals surface area contributed by atoms with Gasteiger partial charge in [-0.25, -0.2) is 0 Å². The predicted octanol–water partition coefficient (Wildman–Crippen LogP) is 16.2. The van der Waals surface area contributed by atoms with E-state index >= 15 is 0 Å². The largest absolute Gasteiger partial charge is 0.310 e. The van der Waals surface area contributed by atoms with Crippen LogP contribution in [-0.4, -0.2) is 4.57 Å². The third-order valence-corrected chi connectivity index (χ3v) is 14.0. The number of nitrogens with zero attached hydrogens (tertiary/aromatic N) is 2. The summed E-state index contributed by atoms with van der Waals surface area (Å²) in [5.74, 6) is 0. The highest BCUT2D eigenvalue weighted by molar-refractivity contribution is 6.09. The van der Waals surface area contributed by atoms with Crippen molar-refractivity contribution >= 4 is 38.9 Å². The number of fused-ring (bicyclic) bond motifs is 9. The first-order valence-corrected chi connectivity index (χ1v) is 21.8. The van der Waals surface area contributed by atoms with Gasteiger partial charge in [0.1, 0.15) is 0 Å². The van der Waals surface area contributed by atoms with E-state index in [9.17, 15) is 0 Å². The number of rotatable bonds is 6. The summed E-state index contributed by atoms with van der Waals surface area (Å²) < 4.78 is 2.43. The highest BCUT2D eigenvalue weighted by Gasteiger charge is 2.37. The van der Waals surface area contributed by atoms with Crippen molar-refractivity contribution in [1.29, 1.82) is 0 Å². The SMILES string of the molecule is CC1(C)c2ccccc2-c2ccc(N(c3ccc(-c4ccccc4)cc3)c3ccc(-c4ccc5c(c4)C(C)(C)c4cc(-n6c7ccccc7c7ccccc76)ccc4-5)cc3)cc21.